The van der Waals surface area contributed by atoms with Crippen LogP contribution >= 0.6 is 11.3 Å². The van der Waals surface area contributed by atoms with Crippen LogP contribution in [0.4, 0.5) is 5.13 Å². The highest BCUT2D eigenvalue weighted by molar-refractivity contribution is 7.13. The summed E-state index contributed by atoms with van der Waals surface area (Å²) in [5, 5.41) is 6.76. The molecule has 0 bridgehead atoms. The molecule has 1 aromatic rings. The van der Waals surface area contributed by atoms with Crippen LogP contribution in [0.15, 0.2) is 11.6 Å². The summed E-state index contributed by atoms with van der Waals surface area (Å²) in [4.78, 5) is 4.29. The number of hydrogen-bond donors (Lipinski definition) is 1. The Morgan fingerprint density at radius 1 is 1.38 bits per heavy atom. The molecule has 0 spiro atoms. The summed E-state index contributed by atoms with van der Waals surface area (Å²) in [6.45, 7) is 2.40. The molecule has 2 aliphatic rings. The summed E-state index contributed by atoms with van der Waals surface area (Å²) >= 11 is 1.71. The van der Waals surface area contributed by atoms with Crippen molar-refractivity contribution in [2.24, 2.45) is 5.41 Å². The van der Waals surface area contributed by atoms with E-state index in [4.69, 9.17) is 0 Å². The molecule has 2 aliphatic carbocycles. The zero-order valence-corrected chi connectivity index (χ0v) is 8.66. The monoisotopic (exact) mass is 194 g/mol. The van der Waals surface area contributed by atoms with Gasteiger partial charge < -0.3 is 5.32 Å². The second kappa shape index (κ2) is 2.27. The predicted octanol–water partition coefficient (Wildman–Crippen LogP) is 2.89. The highest BCUT2D eigenvalue weighted by Crippen LogP contribution is 2.65. The molecule has 13 heavy (non-hydrogen) atoms. The first-order chi connectivity index (χ1) is 6.24. The van der Waals surface area contributed by atoms with Crippen molar-refractivity contribution < 1.29 is 0 Å². The molecule has 70 valence electrons. The first kappa shape index (κ1) is 7.80. The van der Waals surface area contributed by atoms with Gasteiger partial charge in [0.25, 0.3) is 0 Å². The third-order valence-electron chi connectivity index (χ3n) is 3.68. The summed E-state index contributed by atoms with van der Waals surface area (Å²) < 4.78 is 0. The van der Waals surface area contributed by atoms with E-state index in [1.807, 2.05) is 11.6 Å². The largest absolute Gasteiger partial charge is 0.356 e. The van der Waals surface area contributed by atoms with Gasteiger partial charge >= 0.3 is 0 Å². The Kier molecular flexibility index (Phi) is 1.36. The molecular weight excluding hydrogens is 180 g/mol. The minimum Gasteiger partial charge on any atom is -0.356 e. The van der Waals surface area contributed by atoms with Crippen molar-refractivity contribution in [2.75, 3.05) is 5.32 Å². The van der Waals surface area contributed by atoms with Gasteiger partial charge in [-0.1, -0.05) is 6.92 Å². The highest BCUT2D eigenvalue weighted by atomic mass is 32.1. The first-order valence-corrected chi connectivity index (χ1v) is 5.80. The second-order valence-corrected chi connectivity index (χ2v) is 5.50. The van der Waals surface area contributed by atoms with Crippen molar-refractivity contribution in [2.45, 2.75) is 38.1 Å². The minimum absolute atomic E-state index is 0.421. The Bertz CT molecular complexity index is 310. The number of aromatic nitrogens is 1. The standard InChI is InChI=1S/C10H14N2S/c1-9(2-3-9)10(4-5-10)12-8-11-6-7-13-8/h6-7H,2-5H2,1H3,(H,11,12). The predicted molar refractivity (Wildman–Crippen MR) is 55.0 cm³/mol. The van der Waals surface area contributed by atoms with E-state index in [-0.39, 0.29) is 0 Å². The fourth-order valence-corrected chi connectivity index (χ4v) is 2.79. The first-order valence-electron chi connectivity index (χ1n) is 4.92. The molecule has 0 aliphatic heterocycles. The van der Waals surface area contributed by atoms with Gasteiger partial charge in [0.2, 0.25) is 0 Å². The lowest BCUT2D eigenvalue weighted by Crippen LogP contribution is -2.30. The van der Waals surface area contributed by atoms with E-state index >= 15 is 0 Å². The normalized spacial score (nSPS) is 26.8. The third-order valence-corrected chi connectivity index (χ3v) is 4.37. The van der Waals surface area contributed by atoms with E-state index in [0.717, 1.165) is 5.13 Å². The Morgan fingerprint density at radius 3 is 2.62 bits per heavy atom. The lowest BCUT2D eigenvalue weighted by Gasteiger charge is -2.23. The summed E-state index contributed by atoms with van der Waals surface area (Å²) in [6.07, 6.45) is 7.33. The maximum absolute atomic E-state index is 4.29. The molecular formula is C10H14N2S. The maximum Gasteiger partial charge on any atom is 0.183 e. The molecule has 2 nitrogen and oxygen atoms in total. The van der Waals surface area contributed by atoms with Crippen LogP contribution in [0.25, 0.3) is 0 Å². The smallest absolute Gasteiger partial charge is 0.183 e. The zero-order chi connectivity index (χ0) is 8.94. The lowest BCUT2D eigenvalue weighted by molar-refractivity contribution is 0.447. The van der Waals surface area contributed by atoms with E-state index in [1.54, 1.807) is 11.3 Å². The lowest BCUT2D eigenvalue weighted by atomic mass is 9.96. The van der Waals surface area contributed by atoms with Crippen LogP contribution in [0.2, 0.25) is 0 Å². The van der Waals surface area contributed by atoms with Gasteiger partial charge in [0, 0.05) is 17.1 Å². The van der Waals surface area contributed by atoms with E-state index in [1.165, 1.54) is 25.7 Å². The molecule has 1 heterocycles. The summed E-state index contributed by atoms with van der Waals surface area (Å²) in [5.74, 6) is 0. The fraction of sp³-hybridized carbons (Fsp3) is 0.700. The van der Waals surface area contributed by atoms with Gasteiger partial charge in [-0.05, 0) is 31.1 Å². The molecule has 3 rings (SSSR count). The van der Waals surface area contributed by atoms with Crippen molar-refractivity contribution in [3.63, 3.8) is 0 Å². The molecule has 2 saturated carbocycles. The van der Waals surface area contributed by atoms with E-state index in [2.05, 4.69) is 17.2 Å². The molecule has 0 radical (unpaired) electrons. The Labute approximate surface area is 82.4 Å². The average molecular weight is 194 g/mol. The summed E-state index contributed by atoms with van der Waals surface area (Å²) in [7, 11) is 0. The Balaban J connectivity index is 1.79. The highest BCUT2D eigenvalue weighted by Gasteiger charge is 2.62. The van der Waals surface area contributed by atoms with Gasteiger partial charge in [-0.3, -0.25) is 0 Å². The van der Waals surface area contributed by atoms with Crippen LogP contribution < -0.4 is 5.32 Å². The van der Waals surface area contributed by atoms with Crippen LogP contribution in [-0.2, 0) is 0 Å². The minimum atomic E-state index is 0.421. The SMILES string of the molecule is CC1(C2(Nc3nccs3)CC2)CC1. The molecule has 0 saturated heterocycles. The molecule has 0 atom stereocenters. The maximum atomic E-state index is 4.29. The van der Waals surface area contributed by atoms with Crippen molar-refractivity contribution in [3.05, 3.63) is 11.6 Å². The molecule has 0 unspecified atom stereocenters. The third kappa shape index (κ3) is 1.10. The van der Waals surface area contributed by atoms with Gasteiger partial charge in [0.1, 0.15) is 0 Å². The van der Waals surface area contributed by atoms with Crippen molar-refractivity contribution in [1.82, 2.24) is 4.98 Å². The van der Waals surface area contributed by atoms with Crippen LogP contribution in [0, 0.1) is 5.41 Å². The van der Waals surface area contributed by atoms with Gasteiger partial charge in [-0.2, -0.15) is 0 Å². The van der Waals surface area contributed by atoms with Gasteiger partial charge in [0.15, 0.2) is 5.13 Å². The van der Waals surface area contributed by atoms with E-state index in [0.29, 0.717) is 11.0 Å². The summed E-state index contributed by atoms with van der Waals surface area (Å²) in [5.41, 5.74) is 1.00. The zero-order valence-electron chi connectivity index (χ0n) is 7.84. The van der Waals surface area contributed by atoms with Crippen molar-refractivity contribution >= 4 is 16.5 Å². The summed E-state index contributed by atoms with van der Waals surface area (Å²) in [6, 6.07) is 0. The number of hydrogen-bond acceptors (Lipinski definition) is 3. The van der Waals surface area contributed by atoms with Crippen LogP contribution in [0.1, 0.15) is 32.6 Å². The van der Waals surface area contributed by atoms with Gasteiger partial charge in [-0.15, -0.1) is 11.3 Å². The van der Waals surface area contributed by atoms with Crippen molar-refractivity contribution in [1.29, 1.82) is 0 Å². The van der Waals surface area contributed by atoms with E-state index < -0.39 is 0 Å². The molecule has 1 aromatic heterocycles. The molecule has 2 fully saturated rings. The van der Waals surface area contributed by atoms with E-state index in [9.17, 15) is 0 Å². The number of thiazole rings is 1. The Hall–Kier alpha value is -0.570. The average Bonchev–Trinajstić information content (AvgIpc) is 2.97. The van der Waals surface area contributed by atoms with Crippen LogP contribution in [0.3, 0.4) is 0 Å². The topological polar surface area (TPSA) is 24.9 Å². The molecule has 1 N–H and O–H groups in total. The van der Waals surface area contributed by atoms with Gasteiger partial charge in [-0.25, -0.2) is 4.98 Å². The van der Waals surface area contributed by atoms with Gasteiger partial charge in [0.05, 0.1) is 0 Å². The van der Waals surface area contributed by atoms with Crippen LogP contribution in [-0.4, -0.2) is 10.5 Å². The number of rotatable bonds is 3. The number of anilines is 1. The quantitative estimate of drug-likeness (QED) is 0.800. The fourth-order valence-electron chi connectivity index (χ4n) is 2.16. The second-order valence-electron chi connectivity index (χ2n) is 4.61. The molecule has 0 amide bonds. The van der Waals surface area contributed by atoms with Crippen molar-refractivity contribution in [3.8, 4) is 0 Å². The Morgan fingerprint density at radius 2 is 2.15 bits per heavy atom. The molecule has 3 heteroatoms. The number of nitrogens with one attached hydrogen (secondary N) is 1. The number of nitrogens with zero attached hydrogens (tertiary/aromatic N) is 1. The molecule has 0 aromatic carbocycles. The van der Waals surface area contributed by atoms with Crippen LogP contribution in [0.5, 0.6) is 0 Å².